The summed E-state index contributed by atoms with van der Waals surface area (Å²) in [5.74, 6) is -0.129. The van der Waals surface area contributed by atoms with Crippen molar-refractivity contribution in [2.75, 3.05) is 6.54 Å². The lowest BCUT2D eigenvalue weighted by molar-refractivity contribution is -0.0868. The van der Waals surface area contributed by atoms with Crippen LogP contribution >= 0.6 is 15.9 Å². The average Bonchev–Trinajstić information content (AvgIpc) is 2.75. The zero-order valence-electron chi connectivity index (χ0n) is 10.7. The number of nitrogens with zero attached hydrogens (tertiary/aromatic N) is 2. The number of hydrogen-bond donors (Lipinski definition) is 1. The van der Waals surface area contributed by atoms with Gasteiger partial charge in [-0.3, -0.25) is 0 Å². The Balaban J connectivity index is 2.03. The molecule has 2 aliphatic rings. The summed E-state index contributed by atoms with van der Waals surface area (Å²) in [6, 6.07) is 7.09. The zero-order chi connectivity index (χ0) is 15.3. The van der Waals surface area contributed by atoms with Gasteiger partial charge in [0.05, 0.1) is 12.1 Å². The van der Waals surface area contributed by atoms with Crippen molar-refractivity contribution >= 4 is 21.8 Å². The molecule has 0 fully saturated rings. The molecule has 2 heterocycles. The fourth-order valence-corrected chi connectivity index (χ4v) is 2.66. The number of fused-ring (bicyclic) bond motifs is 1. The van der Waals surface area contributed by atoms with Gasteiger partial charge >= 0.3 is 6.18 Å². The number of allylic oxidation sites excluding steroid dienone is 2. The second-order valence-electron chi connectivity index (χ2n) is 4.91. The van der Waals surface area contributed by atoms with Crippen LogP contribution in [-0.4, -0.2) is 23.5 Å². The molecule has 0 saturated carbocycles. The summed E-state index contributed by atoms with van der Waals surface area (Å²) < 4.78 is 40.0. The summed E-state index contributed by atoms with van der Waals surface area (Å²) >= 11 is 3.31. The Bertz CT molecular complexity index is 661. The second-order valence-corrected chi connectivity index (χ2v) is 5.83. The van der Waals surface area contributed by atoms with Crippen molar-refractivity contribution in [1.29, 1.82) is 0 Å². The Morgan fingerprint density at radius 1 is 1.24 bits per heavy atom. The first-order chi connectivity index (χ1) is 9.79. The van der Waals surface area contributed by atoms with Gasteiger partial charge in [0.2, 0.25) is 0 Å². The van der Waals surface area contributed by atoms with Crippen molar-refractivity contribution in [1.82, 2.24) is 4.90 Å². The molecule has 110 valence electrons. The third kappa shape index (κ3) is 2.51. The molecule has 1 aromatic rings. The highest BCUT2D eigenvalue weighted by molar-refractivity contribution is 9.10. The monoisotopic (exact) mass is 357 g/mol. The maximum absolute atomic E-state index is 13.0. The van der Waals surface area contributed by atoms with Crippen LogP contribution in [0, 0.1) is 0 Å². The largest absolute Gasteiger partial charge is 0.419 e. The first-order valence-corrected chi connectivity index (χ1v) is 6.96. The lowest BCUT2D eigenvalue weighted by Crippen LogP contribution is -2.40. The topological polar surface area (TPSA) is 41.6 Å². The summed E-state index contributed by atoms with van der Waals surface area (Å²) in [7, 11) is 0. The minimum atomic E-state index is -4.45. The second kappa shape index (κ2) is 4.71. The summed E-state index contributed by atoms with van der Waals surface area (Å²) in [5, 5.41) is 0. The third-order valence-electron chi connectivity index (χ3n) is 3.41. The molecular weight excluding hydrogens is 347 g/mol. The first kappa shape index (κ1) is 14.3. The van der Waals surface area contributed by atoms with Crippen molar-refractivity contribution < 1.29 is 13.2 Å². The molecule has 2 aliphatic heterocycles. The van der Waals surface area contributed by atoms with E-state index in [0.29, 0.717) is 5.56 Å². The number of benzene rings is 1. The first-order valence-electron chi connectivity index (χ1n) is 6.17. The third-order valence-corrected chi connectivity index (χ3v) is 3.94. The minimum Gasteiger partial charge on any atom is -0.329 e. The molecule has 0 aromatic heterocycles. The maximum atomic E-state index is 13.0. The Morgan fingerprint density at radius 2 is 1.90 bits per heavy atom. The fraction of sp³-hybridized carbons (Fsp3) is 0.214. The Kier molecular flexibility index (Phi) is 3.22. The van der Waals surface area contributed by atoms with Crippen LogP contribution in [-0.2, 0) is 5.66 Å². The van der Waals surface area contributed by atoms with E-state index in [1.807, 2.05) is 0 Å². The van der Waals surface area contributed by atoms with E-state index >= 15 is 0 Å². The Hall–Kier alpha value is -1.60. The number of nitrogens with two attached hydrogens (primary N) is 1. The Labute approximate surface area is 127 Å². The van der Waals surface area contributed by atoms with E-state index in [1.165, 1.54) is 11.0 Å². The smallest absolute Gasteiger partial charge is 0.329 e. The molecule has 21 heavy (non-hydrogen) atoms. The van der Waals surface area contributed by atoms with Crippen LogP contribution in [0.2, 0.25) is 0 Å². The van der Waals surface area contributed by atoms with Gasteiger partial charge in [0.25, 0.3) is 0 Å². The number of rotatable bonds is 1. The lowest BCUT2D eigenvalue weighted by Gasteiger charge is -2.24. The average molecular weight is 358 g/mol. The molecule has 3 rings (SSSR count). The van der Waals surface area contributed by atoms with Gasteiger partial charge in [-0.25, -0.2) is 4.99 Å². The van der Waals surface area contributed by atoms with Gasteiger partial charge in [-0.15, -0.1) is 0 Å². The predicted octanol–water partition coefficient (Wildman–Crippen LogP) is 3.29. The Morgan fingerprint density at radius 3 is 2.52 bits per heavy atom. The van der Waals surface area contributed by atoms with E-state index in [1.54, 1.807) is 30.5 Å². The van der Waals surface area contributed by atoms with Crippen LogP contribution in [0.15, 0.2) is 57.7 Å². The molecule has 1 atom stereocenters. The normalized spacial score (nSPS) is 24.7. The molecule has 0 bridgehead atoms. The van der Waals surface area contributed by atoms with Gasteiger partial charge in [0.1, 0.15) is 5.84 Å². The minimum absolute atomic E-state index is 0.129. The van der Waals surface area contributed by atoms with Crippen molar-refractivity contribution in [2.24, 2.45) is 10.7 Å². The quantitative estimate of drug-likeness (QED) is 0.837. The van der Waals surface area contributed by atoms with Crippen molar-refractivity contribution in [3.8, 4) is 0 Å². The van der Waals surface area contributed by atoms with Gasteiger partial charge in [-0.2, -0.15) is 13.2 Å². The zero-order valence-corrected chi connectivity index (χ0v) is 12.3. The summed E-state index contributed by atoms with van der Waals surface area (Å²) in [4.78, 5) is 5.59. The molecule has 0 radical (unpaired) electrons. The maximum Gasteiger partial charge on any atom is 0.419 e. The molecule has 2 N–H and O–H groups in total. The van der Waals surface area contributed by atoms with Gasteiger partial charge in [0.15, 0.2) is 5.66 Å². The highest BCUT2D eigenvalue weighted by Crippen LogP contribution is 2.37. The number of aliphatic imine (C=N–C) groups is 1. The standard InChI is InChI=1S/C14H11BrF3N3/c15-10-5-3-9(4-6-10)13(19)8-21-7-1-2-11(12(21)20-13)14(16,17)18/h1-7H,8,19H2/t13-/m1/s1. The highest BCUT2D eigenvalue weighted by atomic mass is 79.9. The van der Waals surface area contributed by atoms with E-state index in [4.69, 9.17) is 5.73 Å². The summed E-state index contributed by atoms with van der Waals surface area (Å²) in [6.07, 6.45) is -0.522. The number of halogens is 4. The summed E-state index contributed by atoms with van der Waals surface area (Å²) in [5.41, 5.74) is 4.94. The van der Waals surface area contributed by atoms with Crippen LogP contribution in [0.3, 0.4) is 0 Å². The van der Waals surface area contributed by atoms with Crippen LogP contribution < -0.4 is 5.73 Å². The van der Waals surface area contributed by atoms with E-state index in [-0.39, 0.29) is 12.4 Å². The fourth-order valence-electron chi connectivity index (χ4n) is 2.39. The lowest BCUT2D eigenvalue weighted by atomic mass is 10.0. The number of amidine groups is 1. The SMILES string of the molecule is N[C@]1(c2ccc(Br)cc2)CN2C=CC=C(C(F)(F)F)C2=N1. The van der Waals surface area contributed by atoms with Crippen molar-refractivity contribution in [3.63, 3.8) is 0 Å². The van der Waals surface area contributed by atoms with Gasteiger partial charge in [-0.05, 0) is 29.8 Å². The van der Waals surface area contributed by atoms with E-state index < -0.39 is 17.4 Å². The predicted molar refractivity (Wildman–Crippen MR) is 77.4 cm³/mol. The van der Waals surface area contributed by atoms with E-state index in [0.717, 1.165) is 10.5 Å². The number of alkyl halides is 3. The molecule has 3 nitrogen and oxygen atoms in total. The molecule has 0 spiro atoms. The van der Waals surface area contributed by atoms with E-state index in [9.17, 15) is 13.2 Å². The molecule has 0 amide bonds. The molecule has 7 heteroatoms. The molecular formula is C14H11BrF3N3. The van der Waals surface area contributed by atoms with Crippen molar-refractivity contribution in [2.45, 2.75) is 11.8 Å². The van der Waals surface area contributed by atoms with Crippen LogP contribution in [0.4, 0.5) is 13.2 Å². The highest BCUT2D eigenvalue weighted by Gasteiger charge is 2.46. The molecule has 1 aromatic carbocycles. The van der Waals surface area contributed by atoms with Crippen LogP contribution in [0.25, 0.3) is 0 Å². The number of hydrogen-bond acceptors (Lipinski definition) is 3. The van der Waals surface area contributed by atoms with Gasteiger partial charge in [0, 0.05) is 10.7 Å². The van der Waals surface area contributed by atoms with Crippen LogP contribution in [0.5, 0.6) is 0 Å². The van der Waals surface area contributed by atoms with E-state index in [2.05, 4.69) is 20.9 Å². The molecule has 0 saturated heterocycles. The van der Waals surface area contributed by atoms with Crippen molar-refractivity contribution in [3.05, 3.63) is 58.2 Å². The van der Waals surface area contributed by atoms with Gasteiger partial charge in [-0.1, -0.05) is 28.1 Å². The molecule has 0 unspecified atom stereocenters. The van der Waals surface area contributed by atoms with Crippen LogP contribution in [0.1, 0.15) is 5.56 Å². The molecule has 0 aliphatic carbocycles. The summed E-state index contributed by atoms with van der Waals surface area (Å²) in [6.45, 7) is 0.174. The van der Waals surface area contributed by atoms with Gasteiger partial charge < -0.3 is 10.6 Å².